The lowest BCUT2D eigenvalue weighted by Gasteiger charge is -2.38. The van der Waals surface area contributed by atoms with Crippen LogP contribution < -0.4 is 0 Å². The van der Waals surface area contributed by atoms with Crippen molar-refractivity contribution in [3.63, 3.8) is 0 Å². The van der Waals surface area contributed by atoms with Gasteiger partial charge in [0, 0.05) is 7.11 Å². The molecule has 3 nitrogen and oxygen atoms in total. The molecule has 0 bridgehead atoms. The van der Waals surface area contributed by atoms with Crippen molar-refractivity contribution >= 4 is 9.84 Å². The predicted molar refractivity (Wildman–Crippen MR) is 95.6 cm³/mol. The maximum absolute atomic E-state index is 13.4. The van der Waals surface area contributed by atoms with Crippen LogP contribution in [0.3, 0.4) is 0 Å². The van der Waals surface area contributed by atoms with Crippen LogP contribution in [0.4, 0.5) is 0 Å². The first-order valence-electron chi connectivity index (χ1n) is 8.51. The highest BCUT2D eigenvalue weighted by Crippen LogP contribution is 2.44. The third-order valence-corrected chi connectivity index (χ3v) is 7.40. The summed E-state index contributed by atoms with van der Waals surface area (Å²) in [5.74, 6) is 0. The molecular weight excluding hydrogens is 320 g/mol. The second kappa shape index (κ2) is 7.08. The Morgan fingerprint density at radius 1 is 0.917 bits per heavy atom. The number of ether oxygens (including phenoxy) is 1. The van der Waals surface area contributed by atoms with Crippen molar-refractivity contribution in [1.29, 1.82) is 0 Å². The molecule has 2 aromatic carbocycles. The first kappa shape index (κ1) is 17.2. The molecule has 0 spiro atoms. The zero-order valence-electron chi connectivity index (χ0n) is 14.0. The average Bonchev–Trinajstić information content (AvgIpc) is 2.87. The van der Waals surface area contributed by atoms with E-state index in [1.807, 2.05) is 36.4 Å². The number of benzene rings is 2. The SMILES string of the molecule is COC1(c2ccccc2)CCCCCC1S(=O)(=O)c1ccccc1. The lowest BCUT2D eigenvalue weighted by Crippen LogP contribution is -2.45. The zero-order valence-corrected chi connectivity index (χ0v) is 14.8. The van der Waals surface area contributed by atoms with Crippen molar-refractivity contribution < 1.29 is 13.2 Å². The second-order valence-electron chi connectivity index (χ2n) is 6.41. The molecule has 2 unspecified atom stereocenters. The molecule has 4 heteroatoms. The van der Waals surface area contributed by atoms with Crippen molar-refractivity contribution in [3.05, 3.63) is 66.2 Å². The lowest BCUT2D eigenvalue weighted by atomic mass is 9.86. The first-order valence-corrected chi connectivity index (χ1v) is 10.1. The Kier molecular flexibility index (Phi) is 5.07. The predicted octanol–water partition coefficient (Wildman–Crippen LogP) is 4.33. The van der Waals surface area contributed by atoms with E-state index in [2.05, 4.69) is 0 Å². The van der Waals surface area contributed by atoms with E-state index in [1.165, 1.54) is 0 Å². The van der Waals surface area contributed by atoms with Crippen LogP contribution in [-0.2, 0) is 20.2 Å². The Balaban J connectivity index is 2.15. The maximum atomic E-state index is 13.4. The summed E-state index contributed by atoms with van der Waals surface area (Å²) in [5.41, 5.74) is 0.172. The van der Waals surface area contributed by atoms with Crippen molar-refractivity contribution in [1.82, 2.24) is 0 Å². The van der Waals surface area contributed by atoms with Gasteiger partial charge >= 0.3 is 0 Å². The van der Waals surface area contributed by atoms with E-state index in [4.69, 9.17) is 4.74 Å². The third-order valence-electron chi connectivity index (χ3n) is 5.11. The van der Waals surface area contributed by atoms with Gasteiger partial charge in [-0.15, -0.1) is 0 Å². The fourth-order valence-corrected chi connectivity index (χ4v) is 6.06. The summed E-state index contributed by atoms with van der Waals surface area (Å²) in [6, 6.07) is 18.6. The van der Waals surface area contributed by atoms with Gasteiger partial charge in [0.15, 0.2) is 9.84 Å². The molecular formula is C20H24O3S. The molecule has 0 N–H and O–H groups in total. The molecule has 128 valence electrons. The molecule has 0 aromatic heterocycles. The van der Waals surface area contributed by atoms with Crippen LogP contribution in [-0.4, -0.2) is 20.8 Å². The molecule has 0 saturated heterocycles. The Labute approximate surface area is 144 Å². The summed E-state index contributed by atoms with van der Waals surface area (Å²) in [5, 5.41) is -0.567. The Bertz CT molecular complexity index is 756. The van der Waals surface area contributed by atoms with Crippen LogP contribution >= 0.6 is 0 Å². The van der Waals surface area contributed by atoms with Gasteiger partial charge in [0.25, 0.3) is 0 Å². The quantitative estimate of drug-likeness (QED) is 0.775. The monoisotopic (exact) mass is 344 g/mol. The Morgan fingerprint density at radius 3 is 2.17 bits per heavy atom. The normalized spacial score (nSPS) is 25.1. The minimum Gasteiger partial charge on any atom is -0.372 e. The molecule has 0 radical (unpaired) electrons. The summed E-state index contributed by atoms with van der Waals surface area (Å²) in [6.45, 7) is 0. The highest BCUT2D eigenvalue weighted by molar-refractivity contribution is 7.92. The van der Waals surface area contributed by atoms with Crippen LogP contribution in [0.5, 0.6) is 0 Å². The van der Waals surface area contributed by atoms with Crippen LogP contribution in [0.15, 0.2) is 65.6 Å². The fraction of sp³-hybridized carbons (Fsp3) is 0.400. The van der Waals surface area contributed by atoms with Gasteiger partial charge in [0.05, 0.1) is 10.1 Å². The molecule has 3 rings (SSSR count). The largest absolute Gasteiger partial charge is 0.372 e. The van der Waals surface area contributed by atoms with Crippen LogP contribution in [0.1, 0.15) is 37.7 Å². The van der Waals surface area contributed by atoms with E-state index in [0.717, 1.165) is 31.2 Å². The molecule has 0 amide bonds. The minimum absolute atomic E-state index is 0.384. The van der Waals surface area contributed by atoms with Gasteiger partial charge in [-0.1, -0.05) is 67.8 Å². The molecule has 2 aromatic rings. The van der Waals surface area contributed by atoms with Gasteiger partial charge in [0.1, 0.15) is 5.60 Å². The maximum Gasteiger partial charge on any atom is 0.184 e. The van der Waals surface area contributed by atoms with Gasteiger partial charge < -0.3 is 4.74 Å². The van der Waals surface area contributed by atoms with Gasteiger partial charge in [0.2, 0.25) is 0 Å². The van der Waals surface area contributed by atoms with Gasteiger partial charge in [-0.2, -0.15) is 0 Å². The van der Waals surface area contributed by atoms with Gasteiger partial charge in [-0.3, -0.25) is 0 Å². The average molecular weight is 344 g/mol. The number of rotatable bonds is 4. The van der Waals surface area contributed by atoms with E-state index in [1.54, 1.807) is 31.4 Å². The Morgan fingerprint density at radius 2 is 1.54 bits per heavy atom. The van der Waals surface area contributed by atoms with E-state index in [0.29, 0.717) is 11.3 Å². The number of hydrogen-bond donors (Lipinski definition) is 0. The standard InChI is InChI=1S/C20H24O3S/c1-23-20(17-11-5-2-6-12-17)16-10-4-9-15-19(20)24(21,22)18-13-7-3-8-14-18/h2-3,5-8,11-14,19H,4,9-10,15-16H2,1H3. The van der Waals surface area contributed by atoms with Crippen molar-refractivity contribution in [2.24, 2.45) is 0 Å². The minimum atomic E-state index is -3.48. The molecule has 0 heterocycles. The van der Waals surface area contributed by atoms with E-state index < -0.39 is 20.7 Å². The van der Waals surface area contributed by atoms with E-state index in [-0.39, 0.29) is 0 Å². The van der Waals surface area contributed by atoms with E-state index >= 15 is 0 Å². The van der Waals surface area contributed by atoms with Crippen LogP contribution in [0.25, 0.3) is 0 Å². The van der Waals surface area contributed by atoms with Crippen molar-refractivity contribution in [3.8, 4) is 0 Å². The fourth-order valence-electron chi connectivity index (χ4n) is 3.87. The molecule has 1 fully saturated rings. The van der Waals surface area contributed by atoms with Crippen molar-refractivity contribution in [2.45, 2.75) is 47.9 Å². The summed E-state index contributed by atoms with van der Waals surface area (Å²) in [7, 11) is -1.83. The van der Waals surface area contributed by atoms with Gasteiger partial charge in [-0.05, 0) is 30.5 Å². The summed E-state index contributed by atoms with van der Waals surface area (Å²) in [4.78, 5) is 0.384. The smallest absolute Gasteiger partial charge is 0.184 e. The number of methoxy groups -OCH3 is 1. The highest BCUT2D eigenvalue weighted by atomic mass is 32.2. The number of sulfone groups is 1. The summed E-state index contributed by atoms with van der Waals surface area (Å²) < 4.78 is 32.8. The Hall–Kier alpha value is -1.65. The molecule has 0 aliphatic heterocycles. The molecule has 2 atom stereocenters. The molecule has 1 aliphatic carbocycles. The van der Waals surface area contributed by atoms with Gasteiger partial charge in [-0.25, -0.2) is 8.42 Å². The van der Waals surface area contributed by atoms with Crippen molar-refractivity contribution in [2.75, 3.05) is 7.11 Å². The third kappa shape index (κ3) is 3.01. The van der Waals surface area contributed by atoms with Crippen LogP contribution in [0, 0.1) is 0 Å². The number of hydrogen-bond acceptors (Lipinski definition) is 3. The zero-order chi connectivity index (χ0) is 17.0. The summed E-state index contributed by atoms with van der Waals surface area (Å²) in [6.07, 6.45) is 4.28. The second-order valence-corrected chi connectivity index (χ2v) is 8.54. The van der Waals surface area contributed by atoms with E-state index in [9.17, 15) is 8.42 Å². The lowest BCUT2D eigenvalue weighted by molar-refractivity contribution is -0.0245. The first-order chi connectivity index (χ1) is 11.6. The molecule has 24 heavy (non-hydrogen) atoms. The topological polar surface area (TPSA) is 43.4 Å². The molecule has 1 aliphatic rings. The highest BCUT2D eigenvalue weighted by Gasteiger charge is 2.48. The van der Waals surface area contributed by atoms with Crippen LogP contribution in [0.2, 0.25) is 0 Å². The molecule has 1 saturated carbocycles. The summed E-state index contributed by atoms with van der Waals surface area (Å²) >= 11 is 0.